The van der Waals surface area contributed by atoms with E-state index in [1.54, 1.807) is 30.1 Å². The molecule has 0 spiro atoms. The maximum atomic E-state index is 12.7. The Balaban J connectivity index is 1.83. The Kier molecular flexibility index (Phi) is 4.36. The summed E-state index contributed by atoms with van der Waals surface area (Å²) in [6.07, 6.45) is 1.81. The van der Waals surface area contributed by atoms with Crippen molar-refractivity contribution in [2.45, 2.75) is 32.9 Å². The van der Waals surface area contributed by atoms with Crippen molar-refractivity contribution in [1.82, 2.24) is 4.90 Å². The van der Waals surface area contributed by atoms with E-state index in [1.165, 1.54) is 10.6 Å². The van der Waals surface area contributed by atoms with Gasteiger partial charge in [-0.25, -0.2) is 8.42 Å². The first-order valence-electron chi connectivity index (χ1n) is 8.10. The van der Waals surface area contributed by atoms with Crippen molar-refractivity contribution in [3.63, 3.8) is 0 Å². The molecule has 2 aromatic rings. The van der Waals surface area contributed by atoms with E-state index >= 15 is 0 Å². The van der Waals surface area contributed by atoms with Gasteiger partial charge >= 0.3 is 0 Å². The lowest BCUT2D eigenvalue weighted by molar-refractivity contribution is 0.0775. The number of fused-ring (bicyclic) bond motifs is 1. The number of nitrogens with zero attached hydrogens (tertiary/aromatic N) is 2. The summed E-state index contributed by atoms with van der Waals surface area (Å²) in [5, 5.41) is 0. The van der Waals surface area contributed by atoms with Crippen LogP contribution in [0.1, 0.15) is 34.4 Å². The molecule has 0 N–H and O–H groups in total. The normalized spacial score (nSPS) is 16.8. The summed E-state index contributed by atoms with van der Waals surface area (Å²) >= 11 is 0. The van der Waals surface area contributed by atoms with Crippen molar-refractivity contribution in [2.75, 3.05) is 17.6 Å². The number of anilines is 1. The predicted molar refractivity (Wildman–Crippen MR) is 96.2 cm³/mol. The van der Waals surface area contributed by atoms with Gasteiger partial charge in [0, 0.05) is 18.7 Å². The molecule has 1 amide bonds. The first-order valence-corrected chi connectivity index (χ1v) is 9.95. The quantitative estimate of drug-likeness (QED) is 0.838. The number of carbonyl (C=O) groups is 1. The van der Waals surface area contributed by atoms with E-state index in [0.29, 0.717) is 24.2 Å². The smallest absolute Gasteiger partial charge is 0.254 e. The number of hydrogen-bond donors (Lipinski definition) is 0. The van der Waals surface area contributed by atoms with Crippen LogP contribution in [0.2, 0.25) is 0 Å². The summed E-state index contributed by atoms with van der Waals surface area (Å²) in [7, 11) is -1.61. The first kappa shape index (κ1) is 17.5. The van der Waals surface area contributed by atoms with Gasteiger partial charge in [-0.15, -0.1) is 0 Å². The second-order valence-electron chi connectivity index (χ2n) is 6.63. The van der Waals surface area contributed by atoms with Crippen LogP contribution in [0.4, 0.5) is 5.69 Å². The van der Waals surface area contributed by atoms with E-state index in [9.17, 15) is 13.2 Å². The number of benzene rings is 1. The summed E-state index contributed by atoms with van der Waals surface area (Å²) in [5.41, 5.74) is 2.09. The zero-order chi connectivity index (χ0) is 18.4. The van der Waals surface area contributed by atoms with Crippen LogP contribution in [0.25, 0.3) is 0 Å². The molecule has 1 aromatic heterocycles. The summed E-state index contributed by atoms with van der Waals surface area (Å²) in [6.45, 7) is 4.12. The average molecular weight is 362 g/mol. The molecular formula is C18H22N2O4S. The second kappa shape index (κ2) is 6.22. The number of amides is 1. The zero-order valence-corrected chi connectivity index (χ0v) is 15.6. The van der Waals surface area contributed by atoms with Crippen LogP contribution in [-0.4, -0.2) is 38.6 Å². The predicted octanol–water partition coefficient (Wildman–Crippen LogP) is 2.57. The highest BCUT2D eigenvalue weighted by Crippen LogP contribution is 2.34. The standard InChI is InChI=1S/C18H22N2O4S/c1-12-9-15-10-14(6-8-17(15)20(12)25(4,22)23)18(21)19(3)11-16-7-5-13(2)24-16/h5-8,10,12H,9,11H2,1-4H3/t12-/m0/s1. The van der Waals surface area contributed by atoms with E-state index < -0.39 is 10.0 Å². The molecule has 0 saturated carbocycles. The molecular weight excluding hydrogens is 340 g/mol. The van der Waals surface area contributed by atoms with Gasteiger partial charge in [-0.2, -0.15) is 0 Å². The number of carbonyl (C=O) groups excluding carboxylic acids is 1. The number of hydrogen-bond acceptors (Lipinski definition) is 4. The highest BCUT2D eigenvalue weighted by Gasteiger charge is 2.33. The van der Waals surface area contributed by atoms with E-state index in [2.05, 4.69) is 0 Å². The SMILES string of the molecule is Cc1ccc(CN(C)C(=O)c2ccc3c(c2)C[C@H](C)N3S(C)(=O)=O)o1. The lowest BCUT2D eigenvalue weighted by Gasteiger charge is -2.22. The third kappa shape index (κ3) is 3.42. The maximum Gasteiger partial charge on any atom is 0.254 e. The Morgan fingerprint density at radius 1 is 1.32 bits per heavy atom. The van der Waals surface area contributed by atoms with Gasteiger partial charge in [-0.3, -0.25) is 9.10 Å². The lowest BCUT2D eigenvalue weighted by Crippen LogP contribution is -2.34. The van der Waals surface area contributed by atoms with Gasteiger partial charge in [-0.1, -0.05) is 0 Å². The van der Waals surface area contributed by atoms with Crippen LogP contribution >= 0.6 is 0 Å². The lowest BCUT2D eigenvalue weighted by atomic mass is 10.1. The van der Waals surface area contributed by atoms with Crippen molar-refractivity contribution in [2.24, 2.45) is 0 Å². The Labute approximate surface area is 148 Å². The molecule has 0 radical (unpaired) electrons. The molecule has 1 aliphatic rings. The van der Waals surface area contributed by atoms with Crippen LogP contribution in [0.15, 0.2) is 34.7 Å². The Morgan fingerprint density at radius 2 is 2.04 bits per heavy atom. The topological polar surface area (TPSA) is 70.8 Å². The van der Waals surface area contributed by atoms with Crippen molar-refractivity contribution in [1.29, 1.82) is 0 Å². The highest BCUT2D eigenvalue weighted by atomic mass is 32.2. The summed E-state index contributed by atoms with van der Waals surface area (Å²) < 4.78 is 30.9. The van der Waals surface area contributed by atoms with Crippen LogP contribution < -0.4 is 4.31 Å². The van der Waals surface area contributed by atoms with E-state index in [4.69, 9.17) is 4.42 Å². The number of furan rings is 1. The Morgan fingerprint density at radius 3 is 2.64 bits per heavy atom. The molecule has 7 heteroatoms. The minimum atomic E-state index is -3.33. The van der Waals surface area contributed by atoms with E-state index in [0.717, 1.165) is 17.1 Å². The fourth-order valence-corrected chi connectivity index (χ4v) is 4.60. The van der Waals surface area contributed by atoms with Crippen LogP contribution in [0.3, 0.4) is 0 Å². The molecule has 1 aliphatic heterocycles. The van der Waals surface area contributed by atoms with E-state index in [1.807, 2.05) is 26.0 Å². The minimum Gasteiger partial charge on any atom is -0.464 e. The van der Waals surface area contributed by atoms with Gasteiger partial charge in [0.2, 0.25) is 10.0 Å². The number of sulfonamides is 1. The van der Waals surface area contributed by atoms with Crippen LogP contribution in [0.5, 0.6) is 0 Å². The summed E-state index contributed by atoms with van der Waals surface area (Å²) in [5.74, 6) is 1.41. The van der Waals surface area contributed by atoms with Gasteiger partial charge in [0.1, 0.15) is 11.5 Å². The fraction of sp³-hybridized carbons (Fsp3) is 0.389. The largest absolute Gasteiger partial charge is 0.464 e. The molecule has 1 aromatic carbocycles. The molecule has 0 unspecified atom stereocenters. The van der Waals surface area contributed by atoms with Crippen molar-refractivity contribution in [3.05, 3.63) is 53.0 Å². The van der Waals surface area contributed by atoms with Crippen molar-refractivity contribution < 1.29 is 17.6 Å². The zero-order valence-electron chi connectivity index (χ0n) is 14.8. The molecule has 1 atom stereocenters. The molecule has 0 aliphatic carbocycles. The average Bonchev–Trinajstić information content (AvgIpc) is 3.06. The van der Waals surface area contributed by atoms with Crippen LogP contribution in [0, 0.1) is 6.92 Å². The summed E-state index contributed by atoms with van der Waals surface area (Å²) in [4.78, 5) is 14.3. The molecule has 0 saturated heterocycles. The Bertz CT molecular complexity index is 917. The monoisotopic (exact) mass is 362 g/mol. The maximum absolute atomic E-state index is 12.7. The first-order chi connectivity index (χ1) is 11.7. The van der Waals surface area contributed by atoms with Crippen molar-refractivity contribution >= 4 is 21.6 Å². The van der Waals surface area contributed by atoms with Crippen LogP contribution in [-0.2, 0) is 23.0 Å². The van der Waals surface area contributed by atoms with Crippen molar-refractivity contribution in [3.8, 4) is 0 Å². The molecule has 3 rings (SSSR count). The molecule has 6 nitrogen and oxygen atoms in total. The second-order valence-corrected chi connectivity index (χ2v) is 8.49. The number of rotatable bonds is 4. The highest BCUT2D eigenvalue weighted by molar-refractivity contribution is 7.92. The summed E-state index contributed by atoms with van der Waals surface area (Å²) in [6, 6.07) is 8.78. The third-order valence-electron chi connectivity index (χ3n) is 4.37. The molecule has 134 valence electrons. The van der Waals surface area contributed by atoms with Gasteiger partial charge in [-0.05, 0) is 56.2 Å². The minimum absolute atomic E-state index is 0.123. The van der Waals surface area contributed by atoms with E-state index in [-0.39, 0.29) is 11.9 Å². The Hall–Kier alpha value is -2.28. The number of aryl methyl sites for hydroxylation is 1. The van der Waals surface area contributed by atoms with Gasteiger partial charge in [0.25, 0.3) is 5.91 Å². The van der Waals surface area contributed by atoms with Gasteiger partial charge in [0.15, 0.2) is 0 Å². The van der Waals surface area contributed by atoms with Gasteiger partial charge < -0.3 is 9.32 Å². The molecule has 0 fully saturated rings. The third-order valence-corrected chi connectivity index (χ3v) is 5.64. The molecule has 2 heterocycles. The molecule has 0 bridgehead atoms. The molecule has 25 heavy (non-hydrogen) atoms. The fourth-order valence-electron chi connectivity index (χ4n) is 3.34. The van der Waals surface area contributed by atoms with Gasteiger partial charge in [0.05, 0.1) is 18.5 Å².